The van der Waals surface area contributed by atoms with Crippen LogP contribution in [0.2, 0.25) is 5.02 Å². The Balaban J connectivity index is 2.64. The van der Waals surface area contributed by atoms with E-state index in [4.69, 9.17) is 11.6 Å². The molecule has 4 nitrogen and oxygen atoms in total. The summed E-state index contributed by atoms with van der Waals surface area (Å²) in [5.74, 6) is -1.53. The molecule has 0 aliphatic carbocycles. The van der Waals surface area contributed by atoms with Crippen LogP contribution in [0, 0.1) is 17.8 Å². The lowest BCUT2D eigenvalue weighted by Crippen LogP contribution is -2.27. The third-order valence-corrected chi connectivity index (χ3v) is 3.71. The second-order valence-corrected chi connectivity index (χ2v) is 6.19. The van der Waals surface area contributed by atoms with Gasteiger partial charge in [-0.1, -0.05) is 44.5 Å². The lowest BCUT2D eigenvalue weighted by atomic mass is 9.84. The SMILES string of the molecule is CC(C)C[C@H](C(=O)O)[C@@H](C)CC(=O)Nc1ccccc1Cl. The standard InChI is InChI=1S/C16H22ClNO3/c1-10(2)8-12(16(20)21)11(3)9-15(19)18-14-7-5-4-6-13(14)17/h4-7,10-12H,8-9H2,1-3H3,(H,18,19)(H,20,21)/t11-,12-/m0/s1. The molecule has 0 unspecified atom stereocenters. The minimum Gasteiger partial charge on any atom is -0.481 e. The van der Waals surface area contributed by atoms with Crippen LogP contribution < -0.4 is 5.32 Å². The Kier molecular flexibility index (Phi) is 6.69. The molecule has 1 aromatic rings. The van der Waals surface area contributed by atoms with Crippen LogP contribution in [0.3, 0.4) is 0 Å². The minimum absolute atomic E-state index is 0.162. The monoisotopic (exact) mass is 311 g/mol. The lowest BCUT2D eigenvalue weighted by Gasteiger charge is -2.21. The average Bonchev–Trinajstić information content (AvgIpc) is 2.38. The summed E-state index contributed by atoms with van der Waals surface area (Å²) in [5.41, 5.74) is 0.548. The molecular weight excluding hydrogens is 290 g/mol. The number of hydrogen-bond acceptors (Lipinski definition) is 2. The summed E-state index contributed by atoms with van der Waals surface area (Å²) >= 11 is 5.98. The van der Waals surface area contributed by atoms with Crippen molar-refractivity contribution >= 4 is 29.2 Å². The van der Waals surface area contributed by atoms with E-state index in [1.807, 2.05) is 13.8 Å². The van der Waals surface area contributed by atoms with Gasteiger partial charge in [-0.2, -0.15) is 0 Å². The fourth-order valence-corrected chi connectivity index (χ4v) is 2.47. The highest BCUT2D eigenvalue weighted by Crippen LogP contribution is 2.25. The molecule has 0 spiro atoms. The van der Waals surface area contributed by atoms with E-state index in [1.54, 1.807) is 31.2 Å². The van der Waals surface area contributed by atoms with Gasteiger partial charge in [-0.25, -0.2) is 0 Å². The number of rotatable bonds is 7. The number of hydrogen-bond donors (Lipinski definition) is 2. The summed E-state index contributed by atoms with van der Waals surface area (Å²) in [6.07, 6.45) is 0.727. The van der Waals surface area contributed by atoms with Gasteiger partial charge in [0.05, 0.1) is 16.6 Å². The number of halogens is 1. The molecule has 1 rings (SSSR count). The summed E-state index contributed by atoms with van der Waals surface area (Å²) in [6.45, 7) is 5.76. The van der Waals surface area contributed by atoms with Crippen LogP contribution in [0.4, 0.5) is 5.69 Å². The number of benzene rings is 1. The van der Waals surface area contributed by atoms with Gasteiger partial charge in [-0.15, -0.1) is 0 Å². The van der Waals surface area contributed by atoms with Crippen molar-refractivity contribution < 1.29 is 14.7 Å². The van der Waals surface area contributed by atoms with Crippen molar-refractivity contribution in [3.63, 3.8) is 0 Å². The van der Waals surface area contributed by atoms with Gasteiger partial charge in [0.25, 0.3) is 0 Å². The van der Waals surface area contributed by atoms with Gasteiger partial charge in [0, 0.05) is 6.42 Å². The van der Waals surface area contributed by atoms with E-state index >= 15 is 0 Å². The summed E-state index contributed by atoms with van der Waals surface area (Å²) in [4.78, 5) is 23.3. The first-order valence-corrected chi connectivity index (χ1v) is 7.46. The van der Waals surface area contributed by atoms with Gasteiger partial charge < -0.3 is 10.4 Å². The Morgan fingerprint density at radius 1 is 1.24 bits per heavy atom. The van der Waals surface area contributed by atoms with E-state index in [1.165, 1.54) is 0 Å². The number of amides is 1. The molecule has 0 saturated heterocycles. The second kappa shape index (κ2) is 8.03. The summed E-state index contributed by atoms with van der Waals surface area (Å²) < 4.78 is 0. The Hall–Kier alpha value is -1.55. The first kappa shape index (κ1) is 17.5. The second-order valence-electron chi connectivity index (χ2n) is 5.78. The molecule has 0 aliphatic rings. The Bertz CT molecular complexity index is 502. The highest BCUT2D eigenvalue weighted by molar-refractivity contribution is 6.33. The predicted octanol–water partition coefficient (Wildman–Crippen LogP) is 4.05. The number of aliphatic carboxylic acids is 1. The van der Waals surface area contributed by atoms with E-state index in [2.05, 4.69) is 5.32 Å². The van der Waals surface area contributed by atoms with Crippen LogP contribution in [0.5, 0.6) is 0 Å². The van der Waals surface area contributed by atoms with Gasteiger partial charge in [0.1, 0.15) is 0 Å². The summed E-state index contributed by atoms with van der Waals surface area (Å²) in [5, 5.41) is 12.5. The first-order chi connectivity index (χ1) is 9.81. The molecule has 1 aromatic carbocycles. The maximum Gasteiger partial charge on any atom is 0.306 e. The van der Waals surface area contributed by atoms with Crippen LogP contribution in [0.25, 0.3) is 0 Å². The number of carboxylic acids is 1. The third-order valence-electron chi connectivity index (χ3n) is 3.38. The molecule has 0 radical (unpaired) electrons. The van der Waals surface area contributed by atoms with Gasteiger partial charge in [0.2, 0.25) is 5.91 Å². The third kappa shape index (κ3) is 5.76. The van der Waals surface area contributed by atoms with Crippen LogP contribution in [-0.4, -0.2) is 17.0 Å². The van der Waals surface area contributed by atoms with E-state index in [0.29, 0.717) is 17.1 Å². The Morgan fingerprint density at radius 3 is 2.38 bits per heavy atom. The molecule has 0 heterocycles. The highest BCUT2D eigenvalue weighted by atomic mass is 35.5. The van der Waals surface area contributed by atoms with Crippen LogP contribution in [0.1, 0.15) is 33.6 Å². The molecule has 0 aliphatic heterocycles. The minimum atomic E-state index is -0.846. The molecule has 1 amide bonds. The van der Waals surface area contributed by atoms with Gasteiger partial charge in [-0.3, -0.25) is 9.59 Å². The first-order valence-electron chi connectivity index (χ1n) is 7.08. The van der Waals surface area contributed by atoms with Crippen molar-refractivity contribution in [2.45, 2.75) is 33.6 Å². The van der Waals surface area contributed by atoms with Crippen LogP contribution in [-0.2, 0) is 9.59 Å². The molecular formula is C16H22ClNO3. The van der Waals surface area contributed by atoms with Crippen molar-refractivity contribution in [3.05, 3.63) is 29.3 Å². The molecule has 0 saturated carbocycles. The van der Waals surface area contributed by atoms with Crippen molar-refractivity contribution in [2.75, 3.05) is 5.32 Å². The van der Waals surface area contributed by atoms with Crippen molar-refractivity contribution in [1.29, 1.82) is 0 Å². The predicted molar refractivity (Wildman–Crippen MR) is 84.4 cm³/mol. The number of carboxylic acid groups (broad SMARTS) is 1. The maximum absolute atomic E-state index is 12.0. The quantitative estimate of drug-likeness (QED) is 0.798. The van der Waals surface area contributed by atoms with E-state index in [0.717, 1.165) is 0 Å². The zero-order valence-electron chi connectivity index (χ0n) is 12.6. The molecule has 2 N–H and O–H groups in total. The number of carbonyl (C=O) groups excluding carboxylic acids is 1. The molecule has 5 heteroatoms. The van der Waals surface area contributed by atoms with E-state index in [9.17, 15) is 14.7 Å². The summed E-state index contributed by atoms with van der Waals surface area (Å²) in [7, 11) is 0. The number of anilines is 1. The molecule has 2 atom stereocenters. The van der Waals surface area contributed by atoms with Crippen molar-refractivity contribution in [1.82, 2.24) is 0 Å². The van der Waals surface area contributed by atoms with Gasteiger partial charge >= 0.3 is 5.97 Å². The van der Waals surface area contributed by atoms with E-state index < -0.39 is 11.9 Å². The van der Waals surface area contributed by atoms with E-state index in [-0.39, 0.29) is 24.2 Å². The normalized spacial score (nSPS) is 13.8. The fraction of sp³-hybridized carbons (Fsp3) is 0.500. The summed E-state index contributed by atoms with van der Waals surface area (Å²) in [6, 6.07) is 6.97. The lowest BCUT2D eigenvalue weighted by molar-refractivity contribution is -0.144. The largest absolute Gasteiger partial charge is 0.481 e. The maximum atomic E-state index is 12.0. The van der Waals surface area contributed by atoms with Gasteiger partial charge in [0.15, 0.2) is 0 Å². The molecule has 0 aromatic heterocycles. The molecule has 116 valence electrons. The van der Waals surface area contributed by atoms with Crippen LogP contribution in [0.15, 0.2) is 24.3 Å². The average molecular weight is 312 g/mol. The Labute approximate surface area is 130 Å². The highest BCUT2D eigenvalue weighted by Gasteiger charge is 2.27. The number of carbonyl (C=O) groups is 2. The Morgan fingerprint density at radius 2 is 1.86 bits per heavy atom. The molecule has 0 fully saturated rings. The smallest absolute Gasteiger partial charge is 0.306 e. The van der Waals surface area contributed by atoms with Gasteiger partial charge in [-0.05, 0) is 30.4 Å². The molecule has 21 heavy (non-hydrogen) atoms. The topological polar surface area (TPSA) is 66.4 Å². The van der Waals surface area contributed by atoms with Crippen LogP contribution >= 0.6 is 11.6 Å². The number of nitrogens with one attached hydrogen (secondary N) is 1. The zero-order valence-corrected chi connectivity index (χ0v) is 13.4. The fourth-order valence-electron chi connectivity index (χ4n) is 2.28. The zero-order chi connectivity index (χ0) is 16.0. The van der Waals surface area contributed by atoms with Crippen molar-refractivity contribution in [2.24, 2.45) is 17.8 Å². The number of para-hydroxylation sites is 1. The molecule has 0 bridgehead atoms. The van der Waals surface area contributed by atoms with Crippen molar-refractivity contribution in [3.8, 4) is 0 Å².